The molecule has 0 radical (unpaired) electrons. The number of ether oxygens (including phenoxy) is 2. The van der Waals surface area contributed by atoms with E-state index in [9.17, 15) is 0 Å². The molecule has 7 nitrogen and oxygen atoms in total. The highest BCUT2D eigenvalue weighted by Gasteiger charge is 2.14. The van der Waals surface area contributed by atoms with Crippen LogP contribution in [0.1, 0.15) is 0 Å². The molecular weight excluding hydrogens is 246 g/mol. The SMILES string of the molecule is COc1nc(Cl)nc(NCC2CNCCO2)n1. The molecule has 1 aliphatic heterocycles. The Bertz CT molecular complexity index is 372. The molecule has 2 heterocycles. The zero-order valence-electron chi connectivity index (χ0n) is 9.44. The van der Waals surface area contributed by atoms with Crippen LogP contribution in [0, 0.1) is 0 Å². The highest BCUT2D eigenvalue weighted by molar-refractivity contribution is 6.28. The number of rotatable bonds is 4. The lowest BCUT2D eigenvalue weighted by Crippen LogP contribution is -2.42. The van der Waals surface area contributed by atoms with Crippen LogP contribution in [0.5, 0.6) is 6.01 Å². The second-order valence-corrected chi connectivity index (χ2v) is 3.83. The van der Waals surface area contributed by atoms with Crippen molar-refractivity contribution in [3.63, 3.8) is 0 Å². The number of nitrogens with zero attached hydrogens (tertiary/aromatic N) is 3. The number of hydrogen-bond donors (Lipinski definition) is 2. The Morgan fingerprint density at radius 2 is 2.41 bits per heavy atom. The summed E-state index contributed by atoms with van der Waals surface area (Å²) in [7, 11) is 1.48. The number of halogens is 1. The van der Waals surface area contributed by atoms with E-state index < -0.39 is 0 Å². The molecule has 0 spiro atoms. The molecule has 0 aliphatic carbocycles. The summed E-state index contributed by atoms with van der Waals surface area (Å²) in [6.45, 7) is 3.02. The largest absolute Gasteiger partial charge is 0.467 e. The highest BCUT2D eigenvalue weighted by atomic mass is 35.5. The highest BCUT2D eigenvalue weighted by Crippen LogP contribution is 2.10. The number of morpholine rings is 1. The van der Waals surface area contributed by atoms with Crippen molar-refractivity contribution in [2.24, 2.45) is 0 Å². The van der Waals surface area contributed by atoms with E-state index >= 15 is 0 Å². The summed E-state index contributed by atoms with van der Waals surface area (Å²) in [5, 5.41) is 6.37. The third-order valence-corrected chi connectivity index (χ3v) is 2.43. The summed E-state index contributed by atoms with van der Waals surface area (Å²) in [6, 6.07) is 0.190. The molecule has 0 aromatic carbocycles. The van der Waals surface area contributed by atoms with E-state index in [2.05, 4.69) is 25.6 Å². The van der Waals surface area contributed by atoms with Crippen LogP contribution >= 0.6 is 11.6 Å². The number of methoxy groups -OCH3 is 1. The predicted molar refractivity (Wildman–Crippen MR) is 62.5 cm³/mol. The monoisotopic (exact) mass is 259 g/mol. The summed E-state index contributed by atoms with van der Waals surface area (Å²) in [5.41, 5.74) is 0. The molecular formula is C9H14ClN5O2. The standard InChI is InChI=1S/C9H14ClN5O2/c1-16-9-14-7(10)13-8(15-9)12-5-6-4-11-2-3-17-6/h6,11H,2-5H2,1H3,(H,12,13,14,15). The van der Waals surface area contributed by atoms with Crippen LogP contribution < -0.4 is 15.4 Å². The lowest BCUT2D eigenvalue weighted by molar-refractivity contribution is 0.0371. The van der Waals surface area contributed by atoms with Crippen molar-refractivity contribution < 1.29 is 9.47 Å². The molecule has 1 unspecified atom stereocenters. The van der Waals surface area contributed by atoms with E-state index in [4.69, 9.17) is 21.1 Å². The zero-order chi connectivity index (χ0) is 12.1. The Morgan fingerprint density at radius 1 is 1.53 bits per heavy atom. The van der Waals surface area contributed by atoms with Crippen molar-refractivity contribution in [1.82, 2.24) is 20.3 Å². The van der Waals surface area contributed by atoms with Gasteiger partial charge < -0.3 is 20.1 Å². The van der Waals surface area contributed by atoms with Crippen molar-refractivity contribution in [3.05, 3.63) is 5.28 Å². The van der Waals surface area contributed by atoms with Crippen LogP contribution in [0.2, 0.25) is 5.28 Å². The smallest absolute Gasteiger partial charge is 0.322 e. The Morgan fingerprint density at radius 3 is 3.12 bits per heavy atom. The minimum absolute atomic E-state index is 0.0991. The first-order chi connectivity index (χ1) is 8.28. The second kappa shape index (κ2) is 5.95. The topological polar surface area (TPSA) is 81.2 Å². The molecule has 0 bridgehead atoms. The summed E-state index contributed by atoms with van der Waals surface area (Å²) >= 11 is 5.72. The van der Waals surface area contributed by atoms with Crippen molar-refractivity contribution in [3.8, 4) is 6.01 Å². The molecule has 1 saturated heterocycles. The van der Waals surface area contributed by atoms with Gasteiger partial charge in [-0.3, -0.25) is 0 Å². The Labute approximate surface area is 104 Å². The van der Waals surface area contributed by atoms with Gasteiger partial charge in [-0.15, -0.1) is 0 Å². The maximum Gasteiger partial charge on any atom is 0.322 e. The quantitative estimate of drug-likeness (QED) is 0.784. The summed E-state index contributed by atoms with van der Waals surface area (Å²) in [6.07, 6.45) is 0.102. The average molecular weight is 260 g/mol. The van der Waals surface area contributed by atoms with E-state index in [-0.39, 0.29) is 17.4 Å². The molecule has 94 valence electrons. The third-order valence-electron chi connectivity index (χ3n) is 2.26. The lowest BCUT2D eigenvalue weighted by atomic mass is 10.3. The van der Waals surface area contributed by atoms with Gasteiger partial charge in [0.1, 0.15) is 0 Å². The third kappa shape index (κ3) is 3.65. The molecule has 1 aromatic heterocycles. The van der Waals surface area contributed by atoms with Crippen molar-refractivity contribution in [2.45, 2.75) is 6.10 Å². The van der Waals surface area contributed by atoms with E-state index in [1.54, 1.807) is 0 Å². The summed E-state index contributed by atoms with van der Waals surface area (Å²) in [5.74, 6) is 0.385. The fourth-order valence-electron chi connectivity index (χ4n) is 1.46. The first kappa shape index (κ1) is 12.3. The first-order valence-electron chi connectivity index (χ1n) is 5.29. The maximum absolute atomic E-state index is 5.72. The van der Waals surface area contributed by atoms with E-state index in [0.717, 1.165) is 13.1 Å². The van der Waals surface area contributed by atoms with Crippen LogP contribution in [-0.4, -0.2) is 54.4 Å². The number of aromatic nitrogens is 3. The van der Waals surface area contributed by atoms with E-state index in [0.29, 0.717) is 19.1 Å². The fourth-order valence-corrected chi connectivity index (χ4v) is 1.61. The van der Waals surface area contributed by atoms with Crippen LogP contribution in [0.25, 0.3) is 0 Å². The van der Waals surface area contributed by atoms with E-state index in [1.165, 1.54) is 7.11 Å². The van der Waals surface area contributed by atoms with Gasteiger partial charge in [0, 0.05) is 19.6 Å². The van der Waals surface area contributed by atoms with Crippen molar-refractivity contribution in [2.75, 3.05) is 38.7 Å². The molecule has 1 aliphatic rings. The maximum atomic E-state index is 5.72. The predicted octanol–water partition coefficient (Wildman–Crippen LogP) is -0.0661. The minimum atomic E-state index is 0.0991. The Balaban J connectivity index is 1.91. The normalized spacial score (nSPS) is 20.0. The van der Waals surface area contributed by atoms with Gasteiger partial charge >= 0.3 is 6.01 Å². The Hall–Kier alpha value is -1.18. The molecule has 1 fully saturated rings. The van der Waals surface area contributed by atoms with Gasteiger partial charge in [0.2, 0.25) is 11.2 Å². The van der Waals surface area contributed by atoms with Crippen LogP contribution in [0.15, 0.2) is 0 Å². The fraction of sp³-hybridized carbons (Fsp3) is 0.667. The van der Waals surface area contributed by atoms with Gasteiger partial charge in [0.15, 0.2) is 0 Å². The first-order valence-corrected chi connectivity index (χ1v) is 5.67. The van der Waals surface area contributed by atoms with Gasteiger partial charge in [-0.05, 0) is 11.6 Å². The zero-order valence-corrected chi connectivity index (χ0v) is 10.2. The average Bonchev–Trinajstić information content (AvgIpc) is 2.37. The van der Waals surface area contributed by atoms with E-state index in [1.807, 2.05) is 0 Å². The van der Waals surface area contributed by atoms with Crippen LogP contribution in [0.3, 0.4) is 0 Å². The Kier molecular flexibility index (Phi) is 4.29. The minimum Gasteiger partial charge on any atom is -0.467 e. The van der Waals surface area contributed by atoms with Gasteiger partial charge in [-0.25, -0.2) is 0 Å². The van der Waals surface area contributed by atoms with Crippen LogP contribution in [-0.2, 0) is 4.74 Å². The molecule has 1 atom stereocenters. The lowest BCUT2D eigenvalue weighted by Gasteiger charge is -2.23. The van der Waals surface area contributed by atoms with Crippen molar-refractivity contribution in [1.29, 1.82) is 0 Å². The molecule has 17 heavy (non-hydrogen) atoms. The van der Waals surface area contributed by atoms with Gasteiger partial charge in [0.05, 0.1) is 19.8 Å². The molecule has 0 saturated carbocycles. The van der Waals surface area contributed by atoms with Crippen LogP contribution in [0.4, 0.5) is 5.95 Å². The summed E-state index contributed by atoms with van der Waals surface area (Å²) in [4.78, 5) is 11.7. The summed E-state index contributed by atoms with van der Waals surface area (Å²) < 4.78 is 10.4. The van der Waals surface area contributed by atoms with Gasteiger partial charge in [0.25, 0.3) is 0 Å². The molecule has 0 amide bonds. The number of hydrogen-bond acceptors (Lipinski definition) is 7. The van der Waals surface area contributed by atoms with Crippen molar-refractivity contribution >= 4 is 17.5 Å². The molecule has 2 N–H and O–H groups in total. The second-order valence-electron chi connectivity index (χ2n) is 3.49. The number of anilines is 1. The van der Waals surface area contributed by atoms with Gasteiger partial charge in [-0.2, -0.15) is 15.0 Å². The molecule has 1 aromatic rings. The van der Waals surface area contributed by atoms with Gasteiger partial charge in [-0.1, -0.05) is 0 Å². The molecule has 8 heteroatoms. The number of nitrogens with one attached hydrogen (secondary N) is 2. The molecule has 2 rings (SSSR count).